The molecular weight excluding hydrogens is 272 g/mol. The summed E-state index contributed by atoms with van der Waals surface area (Å²) >= 11 is 0. The number of piperazine rings is 1. The Morgan fingerprint density at radius 1 is 1.05 bits per heavy atom. The Morgan fingerprint density at radius 2 is 1.67 bits per heavy atom. The summed E-state index contributed by atoms with van der Waals surface area (Å²) in [6.07, 6.45) is 0. The summed E-state index contributed by atoms with van der Waals surface area (Å²) in [5.74, 6) is 0.398. The van der Waals surface area contributed by atoms with Gasteiger partial charge in [-0.15, -0.1) is 0 Å². The highest BCUT2D eigenvalue weighted by Gasteiger charge is 2.31. The number of ether oxygens (including phenoxy) is 2. The minimum Gasteiger partial charge on any atom is -0.493 e. The summed E-state index contributed by atoms with van der Waals surface area (Å²) < 4.78 is 10.8. The third-order valence-corrected chi connectivity index (χ3v) is 3.47. The average Bonchev–Trinajstić information content (AvgIpc) is 2.52. The van der Waals surface area contributed by atoms with Crippen molar-refractivity contribution in [3.8, 4) is 11.5 Å². The lowest BCUT2D eigenvalue weighted by Crippen LogP contribution is -2.54. The molecule has 1 aliphatic heterocycles. The molecule has 0 aromatic heterocycles. The molecule has 0 N–H and O–H groups in total. The van der Waals surface area contributed by atoms with Gasteiger partial charge in [-0.2, -0.15) is 0 Å². The number of methoxy groups -OCH3 is 1. The van der Waals surface area contributed by atoms with E-state index in [0.29, 0.717) is 44.3 Å². The molecule has 2 rings (SSSR count). The normalized spacial score (nSPS) is 15.3. The van der Waals surface area contributed by atoms with E-state index in [-0.39, 0.29) is 0 Å². The number of hydrogen-bond donors (Lipinski definition) is 0. The van der Waals surface area contributed by atoms with Gasteiger partial charge in [0.15, 0.2) is 11.5 Å². The van der Waals surface area contributed by atoms with E-state index in [4.69, 9.17) is 9.47 Å². The van der Waals surface area contributed by atoms with E-state index in [1.807, 2.05) is 25.1 Å². The molecule has 2 amide bonds. The Bertz CT molecular complexity index is 518. The van der Waals surface area contributed by atoms with E-state index in [9.17, 15) is 9.59 Å². The fourth-order valence-electron chi connectivity index (χ4n) is 2.23. The quantitative estimate of drug-likeness (QED) is 0.727. The summed E-state index contributed by atoms with van der Waals surface area (Å²) in [6, 6.07) is 7.33. The maximum atomic E-state index is 11.9. The number of amides is 2. The second kappa shape index (κ2) is 6.97. The lowest BCUT2D eigenvalue weighted by molar-refractivity contribution is -0.156. The molecule has 1 heterocycles. The summed E-state index contributed by atoms with van der Waals surface area (Å²) in [4.78, 5) is 26.8. The number of likely N-dealkylation sites (N-methyl/N-ethyl adjacent to an activating group) is 1. The van der Waals surface area contributed by atoms with Gasteiger partial charge in [-0.05, 0) is 19.1 Å². The summed E-state index contributed by atoms with van der Waals surface area (Å²) in [5, 5.41) is 0. The van der Waals surface area contributed by atoms with Crippen LogP contribution < -0.4 is 9.47 Å². The van der Waals surface area contributed by atoms with E-state index >= 15 is 0 Å². The van der Waals surface area contributed by atoms with Gasteiger partial charge in [0.25, 0.3) is 0 Å². The number of para-hydroxylation sites is 2. The Kier molecular flexibility index (Phi) is 5.03. The largest absolute Gasteiger partial charge is 0.493 e. The van der Waals surface area contributed by atoms with Crippen LogP contribution in [0.25, 0.3) is 0 Å². The van der Waals surface area contributed by atoms with Crippen molar-refractivity contribution in [1.82, 2.24) is 9.80 Å². The number of carbonyl (C=O) groups is 2. The Labute approximate surface area is 124 Å². The molecule has 0 bridgehead atoms. The highest BCUT2D eigenvalue weighted by atomic mass is 16.5. The van der Waals surface area contributed by atoms with Crippen molar-refractivity contribution >= 4 is 11.8 Å². The third-order valence-electron chi connectivity index (χ3n) is 3.47. The fraction of sp³-hybridized carbons (Fsp3) is 0.467. The topological polar surface area (TPSA) is 59.1 Å². The van der Waals surface area contributed by atoms with Crippen molar-refractivity contribution in [3.05, 3.63) is 24.3 Å². The average molecular weight is 292 g/mol. The minimum atomic E-state index is -0.452. The van der Waals surface area contributed by atoms with Gasteiger partial charge in [0.2, 0.25) is 0 Å². The van der Waals surface area contributed by atoms with Gasteiger partial charge >= 0.3 is 11.8 Å². The molecule has 1 saturated heterocycles. The van der Waals surface area contributed by atoms with Crippen LogP contribution in [0.15, 0.2) is 24.3 Å². The molecule has 1 aliphatic rings. The zero-order valence-corrected chi connectivity index (χ0v) is 12.4. The second-order valence-electron chi connectivity index (χ2n) is 4.68. The zero-order valence-electron chi connectivity index (χ0n) is 12.4. The summed E-state index contributed by atoms with van der Waals surface area (Å²) in [6.45, 7) is 4.27. The highest BCUT2D eigenvalue weighted by molar-refractivity contribution is 6.35. The summed E-state index contributed by atoms with van der Waals surface area (Å²) in [5.41, 5.74) is 0. The van der Waals surface area contributed by atoms with E-state index in [2.05, 4.69) is 0 Å². The van der Waals surface area contributed by atoms with Gasteiger partial charge in [0, 0.05) is 19.6 Å². The fourth-order valence-corrected chi connectivity index (χ4v) is 2.23. The van der Waals surface area contributed by atoms with Crippen molar-refractivity contribution < 1.29 is 19.1 Å². The minimum absolute atomic E-state index is 0.325. The lowest BCUT2D eigenvalue weighted by atomic mass is 10.3. The number of nitrogens with zero attached hydrogens (tertiary/aromatic N) is 2. The first-order valence-electron chi connectivity index (χ1n) is 7.01. The van der Waals surface area contributed by atoms with Gasteiger partial charge in [0.1, 0.15) is 6.61 Å². The van der Waals surface area contributed by atoms with Crippen LogP contribution >= 0.6 is 0 Å². The summed E-state index contributed by atoms with van der Waals surface area (Å²) in [7, 11) is 1.58. The molecule has 0 radical (unpaired) electrons. The maximum absolute atomic E-state index is 11.9. The Morgan fingerprint density at radius 3 is 2.33 bits per heavy atom. The molecule has 0 saturated carbocycles. The van der Waals surface area contributed by atoms with Crippen LogP contribution in [-0.2, 0) is 9.59 Å². The van der Waals surface area contributed by atoms with Gasteiger partial charge in [0.05, 0.1) is 13.7 Å². The molecule has 0 atom stereocenters. The van der Waals surface area contributed by atoms with Gasteiger partial charge in [-0.25, -0.2) is 0 Å². The van der Waals surface area contributed by atoms with Crippen molar-refractivity contribution in [2.75, 3.05) is 39.9 Å². The molecule has 6 heteroatoms. The monoisotopic (exact) mass is 292 g/mol. The predicted molar refractivity (Wildman–Crippen MR) is 77.3 cm³/mol. The molecule has 1 aromatic carbocycles. The van der Waals surface area contributed by atoms with Crippen LogP contribution in [0, 0.1) is 0 Å². The number of carbonyl (C=O) groups excluding carboxylic acids is 2. The SMILES string of the molecule is CCN1CCN(CCOc2ccccc2OC)C(=O)C1=O. The van der Waals surface area contributed by atoms with Crippen molar-refractivity contribution in [1.29, 1.82) is 0 Å². The molecular formula is C15H20N2O4. The van der Waals surface area contributed by atoms with Crippen molar-refractivity contribution in [2.45, 2.75) is 6.92 Å². The van der Waals surface area contributed by atoms with Crippen LogP contribution in [0.2, 0.25) is 0 Å². The Hall–Kier alpha value is -2.24. The van der Waals surface area contributed by atoms with Crippen molar-refractivity contribution in [3.63, 3.8) is 0 Å². The smallest absolute Gasteiger partial charge is 0.312 e. The van der Waals surface area contributed by atoms with E-state index < -0.39 is 11.8 Å². The molecule has 6 nitrogen and oxygen atoms in total. The second-order valence-corrected chi connectivity index (χ2v) is 4.68. The molecule has 1 fully saturated rings. The van der Waals surface area contributed by atoms with Crippen LogP contribution in [0.4, 0.5) is 0 Å². The standard InChI is InChI=1S/C15H20N2O4/c1-3-16-8-9-17(15(19)14(16)18)10-11-21-13-7-5-4-6-12(13)20-2/h4-7H,3,8-11H2,1-2H3. The molecule has 21 heavy (non-hydrogen) atoms. The zero-order chi connectivity index (χ0) is 15.2. The van der Waals surface area contributed by atoms with Crippen LogP contribution in [0.5, 0.6) is 11.5 Å². The molecule has 1 aromatic rings. The first-order chi connectivity index (χ1) is 10.2. The Balaban J connectivity index is 1.86. The van der Waals surface area contributed by atoms with Gasteiger partial charge in [-0.1, -0.05) is 12.1 Å². The predicted octanol–water partition coefficient (Wildman–Crippen LogP) is 0.765. The molecule has 0 unspecified atom stereocenters. The van der Waals surface area contributed by atoms with E-state index in [0.717, 1.165) is 0 Å². The number of benzene rings is 1. The molecule has 114 valence electrons. The first-order valence-corrected chi connectivity index (χ1v) is 7.01. The van der Waals surface area contributed by atoms with Crippen LogP contribution in [0.1, 0.15) is 6.92 Å². The van der Waals surface area contributed by atoms with Crippen LogP contribution in [-0.4, -0.2) is 61.5 Å². The van der Waals surface area contributed by atoms with Gasteiger partial charge in [-0.3, -0.25) is 9.59 Å². The lowest BCUT2D eigenvalue weighted by Gasteiger charge is -2.32. The third kappa shape index (κ3) is 3.45. The van der Waals surface area contributed by atoms with Crippen molar-refractivity contribution in [2.24, 2.45) is 0 Å². The van der Waals surface area contributed by atoms with Gasteiger partial charge < -0.3 is 19.3 Å². The maximum Gasteiger partial charge on any atom is 0.312 e. The number of rotatable bonds is 6. The number of hydrogen-bond acceptors (Lipinski definition) is 4. The van der Waals surface area contributed by atoms with E-state index in [1.54, 1.807) is 18.1 Å². The molecule has 0 spiro atoms. The van der Waals surface area contributed by atoms with Crippen LogP contribution in [0.3, 0.4) is 0 Å². The first kappa shape index (κ1) is 15.2. The van der Waals surface area contributed by atoms with E-state index in [1.165, 1.54) is 4.90 Å². The molecule has 0 aliphatic carbocycles. The highest BCUT2D eigenvalue weighted by Crippen LogP contribution is 2.25.